The molecule has 166 valence electrons. The van der Waals surface area contributed by atoms with Gasteiger partial charge in [-0.3, -0.25) is 4.79 Å². The lowest BCUT2D eigenvalue weighted by Crippen LogP contribution is -2.31. The van der Waals surface area contributed by atoms with Crippen LogP contribution in [0.5, 0.6) is 5.75 Å². The smallest absolute Gasteiger partial charge is 0.265 e. The van der Waals surface area contributed by atoms with E-state index in [1.807, 2.05) is 24.3 Å². The summed E-state index contributed by atoms with van der Waals surface area (Å²) in [5.41, 5.74) is 1.67. The number of rotatable bonds is 11. The molecule has 0 spiro atoms. The highest BCUT2D eigenvalue weighted by Gasteiger charge is 2.22. The van der Waals surface area contributed by atoms with E-state index in [0.29, 0.717) is 17.4 Å². The van der Waals surface area contributed by atoms with Crippen LogP contribution < -0.4 is 10.1 Å². The Bertz CT molecular complexity index is 987. The second-order valence-electron chi connectivity index (χ2n) is 7.40. The van der Waals surface area contributed by atoms with Gasteiger partial charge < -0.3 is 10.1 Å². The van der Waals surface area contributed by atoms with Crippen molar-refractivity contribution in [3.05, 3.63) is 79.4 Å². The van der Waals surface area contributed by atoms with E-state index >= 15 is 0 Å². The highest BCUT2D eigenvalue weighted by atomic mass is 32.2. The molecule has 0 aromatic heterocycles. The van der Waals surface area contributed by atoms with Crippen LogP contribution in [-0.2, 0) is 14.8 Å². The average molecular weight is 443 g/mol. The number of anilines is 1. The van der Waals surface area contributed by atoms with Gasteiger partial charge in [-0.1, -0.05) is 38.1 Å². The van der Waals surface area contributed by atoms with Gasteiger partial charge in [0.1, 0.15) is 5.75 Å². The molecule has 0 bridgehead atoms. The van der Waals surface area contributed by atoms with Crippen molar-refractivity contribution < 1.29 is 17.9 Å². The molecule has 6 nitrogen and oxygen atoms in total. The molecule has 0 fully saturated rings. The third kappa shape index (κ3) is 6.54. The van der Waals surface area contributed by atoms with Crippen LogP contribution in [-0.4, -0.2) is 37.8 Å². The fraction of sp³-hybridized carbons (Fsp3) is 0.292. The number of benzene rings is 2. The lowest BCUT2D eigenvalue weighted by molar-refractivity contribution is -0.122. The minimum Gasteiger partial charge on any atom is -0.481 e. The summed E-state index contributed by atoms with van der Waals surface area (Å²) in [6.45, 7) is 13.4. The molecule has 1 atom stereocenters. The predicted molar refractivity (Wildman–Crippen MR) is 125 cm³/mol. The number of sulfonamides is 1. The maximum Gasteiger partial charge on any atom is 0.265 e. The van der Waals surface area contributed by atoms with E-state index in [-0.39, 0.29) is 23.9 Å². The molecule has 0 heterocycles. The summed E-state index contributed by atoms with van der Waals surface area (Å²) < 4.78 is 32.5. The highest BCUT2D eigenvalue weighted by Crippen LogP contribution is 2.21. The van der Waals surface area contributed by atoms with Crippen molar-refractivity contribution in [3.63, 3.8) is 0 Å². The normalized spacial score (nSPS) is 12.4. The summed E-state index contributed by atoms with van der Waals surface area (Å²) in [4.78, 5) is 12.6. The summed E-state index contributed by atoms with van der Waals surface area (Å²) in [7, 11) is -3.68. The average Bonchev–Trinajstić information content (AvgIpc) is 2.74. The van der Waals surface area contributed by atoms with E-state index in [4.69, 9.17) is 4.74 Å². The van der Waals surface area contributed by atoms with Gasteiger partial charge in [0.15, 0.2) is 6.10 Å². The van der Waals surface area contributed by atoms with Gasteiger partial charge in [0.25, 0.3) is 5.91 Å². The number of carbonyl (C=O) groups is 1. The van der Waals surface area contributed by atoms with Crippen LogP contribution in [0.2, 0.25) is 0 Å². The number of nitrogens with zero attached hydrogens (tertiary/aromatic N) is 1. The summed E-state index contributed by atoms with van der Waals surface area (Å²) in [6.07, 6.45) is 2.32. The fourth-order valence-electron chi connectivity index (χ4n) is 2.85. The van der Waals surface area contributed by atoms with Gasteiger partial charge in [0, 0.05) is 18.8 Å². The molecule has 1 N–H and O–H groups in total. The van der Waals surface area contributed by atoms with Gasteiger partial charge in [-0.15, -0.1) is 13.2 Å². The van der Waals surface area contributed by atoms with E-state index < -0.39 is 16.1 Å². The van der Waals surface area contributed by atoms with Crippen LogP contribution in [0.4, 0.5) is 5.69 Å². The zero-order chi connectivity index (χ0) is 23.0. The maximum atomic E-state index is 12.7. The van der Waals surface area contributed by atoms with E-state index in [1.165, 1.54) is 34.2 Å². The number of carbonyl (C=O) groups excluding carboxylic acids is 1. The van der Waals surface area contributed by atoms with Gasteiger partial charge in [0.2, 0.25) is 10.0 Å². The third-order valence-corrected chi connectivity index (χ3v) is 6.50. The molecule has 2 aromatic carbocycles. The Morgan fingerprint density at radius 1 is 1.00 bits per heavy atom. The Balaban J connectivity index is 2.03. The molecule has 0 aliphatic carbocycles. The predicted octanol–water partition coefficient (Wildman–Crippen LogP) is 4.58. The van der Waals surface area contributed by atoms with E-state index in [2.05, 4.69) is 32.3 Å². The molecule has 1 unspecified atom stereocenters. The number of hydrogen-bond donors (Lipinski definition) is 1. The van der Waals surface area contributed by atoms with Gasteiger partial charge >= 0.3 is 0 Å². The standard InChI is InChI=1S/C24H30N2O4S/c1-6-16-26(17-7-2)31(28,29)23-14-10-21(11-15-23)25-24(27)19(5)30-22-12-8-20(9-13-22)18(3)4/h6-15,18-19H,1-2,16-17H2,3-5H3,(H,25,27). The first-order valence-corrected chi connectivity index (χ1v) is 11.5. The number of hydrogen-bond acceptors (Lipinski definition) is 4. The summed E-state index contributed by atoms with van der Waals surface area (Å²) >= 11 is 0. The molecule has 1 amide bonds. The molecule has 7 heteroatoms. The molecule has 2 rings (SSSR count). The van der Waals surface area contributed by atoms with Crippen LogP contribution >= 0.6 is 0 Å². The molecular formula is C24H30N2O4S. The van der Waals surface area contributed by atoms with Crippen molar-refractivity contribution >= 4 is 21.6 Å². The second-order valence-corrected chi connectivity index (χ2v) is 9.33. The lowest BCUT2D eigenvalue weighted by atomic mass is 10.0. The minimum absolute atomic E-state index is 0.128. The third-order valence-electron chi connectivity index (χ3n) is 4.65. The van der Waals surface area contributed by atoms with Gasteiger partial charge in [0.05, 0.1) is 4.90 Å². The largest absolute Gasteiger partial charge is 0.481 e. The van der Waals surface area contributed by atoms with Gasteiger partial charge in [-0.05, 0) is 54.8 Å². The van der Waals surface area contributed by atoms with Crippen LogP contribution in [0.25, 0.3) is 0 Å². The Morgan fingerprint density at radius 3 is 2.03 bits per heavy atom. The van der Waals surface area contributed by atoms with Gasteiger partial charge in [-0.2, -0.15) is 4.31 Å². The molecule has 0 aliphatic heterocycles. The lowest BCUT2D eigenvalue weighted by Gasteiger charge is -2.19. The monoisotopic (exact) mass is 442 g/mol. The molecule has 0 aliphatic rings. The Morgan fingerprint density at radius 2 is 1.55 bits per heavy atom. The molecule has 31 heavy (non-hydrogen) atoms. The molecular weight excluding hydrogens is 412 g/mol. The number of nitrogens with one attached hydrogen (secondary N) is 1. The zero-order valence-electron chi connectivity index (χ0n) is 18.2. The summed E-state index contributed by atoms with van der Waals surface area (Å²) in [5, 5.41) is 2.75. The van der Waals surface area contributed by atoms with Crippen molar-refractivity contribution in [2.45, 2.75) is 37.7 Å². The Kier molecular flexibility index (Phi) is 8.59. The van der Waals surface area contributed by atoms with Crippen molar-refractivity contribution in [2.24, 2.45) is 0 Å². The number of ether oxygens (including phenoxy) is 1. The van der Waals surface area contributed by atoms with Crippen LogP contribution in [0.3, 0.4) is 0 Å². The summed E-state index contributed by atoms with van der Waals surface area (Å²) in [6, 6.07) is 13.7. The number of amides is 1. The van der Waals surface area contributed by atoms with Crippen LogP contribution in [0.1, 0.15) is 32.3 Å². The Labute approximate surface area is 185 Å². The van der Waals surface area contributed by atoms with Crippen molar-refractivity contribution in [2.75, 3.05) is 18.4 Å². The topological polar surface area (TPSA) is 75.7 Å². The maximum absolute atomic E-state index is 12.7. The minimum atomic E-state index is -3.68. The first kappa shape index (κ1) is 24.4. The molecule has 2 aromatic rings. The van der Waals surface area contributed by atoms with Crippen molar-refractivity contribution in [1.29, 1.82) is 0 Å². The second kappa shape index (κ2) is 10.9. The fourth-order valence-corrected chi connectivity index (χ4v) is 4.23. The SMILES string of the molecule is C=CCN(CC=C)S(=O)(=O)c1ccc(NC(=O)C(C)Oc2ccc(C(C)C)cc2)cc1. The molecule has 0 radical (unpaired) electrons. The first-order valence-electron chi connectivity index (χ1n) is 10.1. The van der Waals surface area contributed by atoms with E-state index in [1.54, 1.807) is 19.1 Å². The van der Waals surface area contributed by atoms with Crippen LogP contribution in [0, 0.1) is 0 Å². The Hall–Kier alpha value is -2.90. The van der Waals surface area contributed by atoms with E-state index in [0.717, 1.165) is 0 Å². The highest BCUT2D eigenvalue weighted by molar-refractivity contribution is 7.89. The first-order chi connectivity index (χ1) is 14.7. The van der Waals surface area contributed by atoms with E-state index in [9.17, 15) is 13.2 Å². The van der Waals surface area contributed by atoms with Crippen molar-refractivity contribution in [1.82, 2.24) is 4.31 Å². The molecule has 0 saturated carbocycles. The van der Waals surface area contributed by atoms with Gasteiger partial charge in [-0.25, -0.2) is 8.42 Å². The quantitative estimate of drug-likeness (QED) is 0.517. The molecule has 0 saturated heterocycles. The van der Waals surface area contributed by atoms with Crippen molar-refractivity contribution in [3.8, 4) is 5.75 Å². The summed E-state index contributed by atoms with van der Waals surface area (Å²) in [5.74, 6) is 0.698. The zero-order valence-corrected chi connectivity index (χ0v) is 19.1. The van der Waals surface area contributed by atoms with Crippen LogP contribution in [0.15, 0.2) is 78.7 Å².